The van der Waals surface area contributed by atoms with Crippen LogP contribution in [0.4, 0.5) is 0 Å². The average Bonchev–Trinajstić information content (AvgIpc) is 2.45. The van der Waals surface area contributed by atoms with Gasteiger partial charge in [-0.15, -0.1) is 6.42 Å². The van der Waals surface area contributed by atoms with E-state index in [1.54, 1.807) is 0 Å². The Bertz CT molecular complexity index is 454. The molecule has 0 aliphatic heterocycles. The van der Waals surface area contributed by atoms with E-state index in [1.165, 1.54) is 5.56 Å². The van der Waals surface area contributed by atoms with E-state index in [4.69, 9.17) is 11.2 Å². The Morgan fingerprint density at radius 2 is 2.11 bits per heavy atom. The first kappa shape index (κ1) is 12.9. The maximum atomic E-state index is 9.19. The van der Waals surface area contributed by atoms with Crippen LogP contribution in [0.15, 0.2) is 41.5 Å². The van der Waals surface area contributed by atoms with Crippen molar-refractivity contribution in [3.05, 3.63) is 47.0 Å². The molecule has 0 heterocycles. The van der Waals surface area contributed by atoms with E-state index in [0.29, 0.717) is 6.61 Å². The normalized spacial score (nSPS) is 19.7. The fraction of sp³-hybridized carbons (Fsp3) is 0.375. The molecule has 0 saturated heterocycles. The summed E-state index contributed by atoms with van der Waals surface area (Å²) >= 11 is 0. The van der Waals surface area contributed by atoms with Crippen molar-refractivity contribution in [1.82, 2.24) is 0 Å². The van der Waals surface area contributed by atoms with E-state index in [-0.39, 0.29) is 12.7 Å². The van der Waals surface area contributed by atoms with Crippen LogP contribution in [0.3, 0.4) is 0 Å². The van der Waals surface area contributed by atoms with E-state index >= 15 is 0 Å². The number of rotatable bonds is 4. The van der Waals surface area contributed by atoms with Crippen LogP contribution >= 0.6 is 0 Å². The molecule has 2 heteroatoms. The van der Waals surface area contributed by atoms with Crippen LogP contribution in [0.25, 0.3) is 0 Å². The van der Waals surface area contributed by atoms with Gasteiger partial charge in [0.1, 0.15) is 0 Å². The topological polar surface area (TPSA) is 29.5 Å². The summed E-state index contributed by atoms with van der Waals surface area (Å²) in [7, 11) is 0. The smallest absolute Gasteiger partial charge is 0.0720 e. The van der Waals surface area contributed by atoms with Crippen molar-refractivity contribution in [3.8, 4) is 12.3 Å². The van der Waals surface area contributed by atoms with Gasteiger partial charge in [-0.3, -0.25) is 0 Å². The molecule has 0 amide bonds. The molecule has 1 N–H and O–H groups in total. The van der Waals surface area contributed by atoms with Gasteiger partial charge in [0.15, 0.2) is 0 Å². The zero-order chi connectivity index (χ0) is 12.8. The molecule has 0 radical (unpaired) electrons. The highest BCUT2D eigenvalue weighted by Gasteiger charge is 2.20. The molecule has 0 aromatic heterocycles. The van der Waals surface area contributed by atoms with Crippen molar-refractivity contribution in [2.45, 2.75) is 32.0 Å². The maximum Gasteiger partial charge on any atom is 0.0720 e. The van der Waals surface area contributed by atoms with Gasteiger partial charge in [0.25, 0.3) is 0 Å². The highest BCUT2D eigenvalue weighted by atomic mass is 16.5. The van der Waals surface area contributed by atoms with E-state index in [0.717, 1.165) is 30.4 Å². The van der Waals surface area contributed by atoms with E-state index in [1.807, 2.05) is 18.2 Å². The molecule has 18 heavy (non-hydrogen) atoms. The second-order valence-electron chi connectivity index (χ2n) is 4.55. The fourth-order valence-corrected chi connectivity index (χ4v) is 2.23. The third-order valence-electron chi connectivity index (χ3n) is 3.32. The quantitative estimate of drug-likeness (QED) is 0.823. The van der Waals surface area contributed by atoms with E-state index in [9.17, 15) is 5.11 Å². The van der Waals surface area contributed by atoms with Crippen molar-refractivity contribution in [2.24, 2.45) is 0 Å². The molecule has 2 rings (SSSR count). The van der Waals surface area contributed by atoms with Crippen molar-refractivity contribution in [3.63, 3.8) is 0 Å². The van der Waals surface area contributed by atoms with Crippen molar-refractivity contribution in [2.75, 3.05) is 6.61 Å². The Labute approximate surface area is 108 Å². The van der Waals surface area contributed by atoms with Crippen LogP contribution in [0.1, 0.15) is 24.8 Å². The second-order valence-corrected chi connectivity index (χ2v) is 4.55. The molecule has 0 saturated carbocycles. The Morgan fingerprint density at radius 3 is 2.78 bits per heavy atom. The lowest BCUT2D eigenvalue weighted by Gasteiger charge is -2.24. The Hall–Kier alpha value is -1.56. The maximum absolute atomic E-state index is 9.19. The summed E-state index contributed by atoms with van der Waals surface area (Å²) in [4.78, 5) is 0. The minimum atomic E-state index is 0.0743. The first-order valence-electron chi connectivity index (χ1n) is 6.27. The van der Waals surface area contributed by atoms with E-state index in [2.05, 4.69) is 18.1 Å². The Morgan fingerprint density at radius 1 is 1.33 bits per heavy atom. The van der Waals surface area contributed by atoms with Gasteiger partial charge in [-0.2, -0.15) is 0 Å². The number of benzene rings is 1. The number of hydrogen-bond acceptors (Lipinski definition) is 2. The molecular formula is C16H18O2. The van der Waals surface area contributed by atoms with Crippen LogP contribution < -0.4 is 0 Å². The zero-order valence-electron chi connectivity index (χ0n) is 10.4. The van der Waals surface area contributed by atoms with Gasteiger partial charge < -0.3 is 9.84 Å². The van der Waals surface area contributed by atoms with Crippen molar-refractivity contribution < 1.29 is 9.84 Å². The van der Waals surface area contributed by atoms with Crippen LogP contribution in [0.2, 0.25) is 0 Å². The summed E-state index contributed by atoms with van der Waals surface area (Å²) in [5.74, 6) is 2.67. The van der Waals surface area contributed by atoms with Gasteiger partial charge >= 0.3 is 0 Å². The number of ether oxygens (including phenoxy) is 1. The zero-order valence-corrected chi connectivity index (χ0v) is 10.4. The largest absolute Gasteiger partial charge is 0.392 e. The first-order chi connectivity index (χ1) is 8.83. The molecule has 2 nitrogen and oxygen atoms in total. The first-order valence-corrected chi connectivity index (χ1v) is 6.27. The van der Waals surface area contributed by atoms with Crippen LogP contribution in [0.5, 0.6) is 0 Å². The predicted molar refractivity (Wildman–Crippen MR) is 71.8 cm³/mol. The molecule has 1 atom stereocenters. The lowest BCUT2D eigenvalue weighted by molar-refractivity contribution is 0.0320. The number of aliphatic hydroxyl groups excluding tert-OH is 1. The highest BCUT2D eigenvalue weighted by molar-refractivity contribution is 5.34. The lowest BCUT2D eigenvalue weighted by Crippen LogP contribution is -2.19. The van der Waals surface area contributed by atoms with E-state index < -0.39 is 0 Å². The summed E-state index contributed by atoms with van der Waals surface area (Å²) in [6, 6.07) is 10.1. The fourth-order valence-electron chi connectivity index (χ4n) is 2.23. The summed E-state index contributed by atoms with van der Waals surface area (Å²) < 4.78 is 5.88. The highest BCUT2D eigenvalue weighted by Crippen LogP contribution is 2.26. The minimum absolute atomic E-state index is 0.0743. The molecule has 0 fully saturated rings. The predicted octanol–water partition coefficient (Wildman–Crippen LogP) is 2.68. The van der Waals surface area contributed by atoms with Gasteiger partial charge in [0.05, 0.1) is 19.3 Å². The molecule has 1 aliphatic rings. The number of aliphatic hydroxyl groups is 1. The average molecular weight is 242 g/mol. The second kappa shape index (κ2) is 6.39. The third kappa shape index (κ3) is 3.22. The lowest BCUT2D eigenvalue weighted by atomic mass is 9.90. The van der Waals surface area contributed by atoms with Crippen molar-refractivity contribution in [1.29, 1.82) is 0 Å². The van der Waals surface area contributed by atoms with Gasteiger partial charge in [-0.1, -0.05) is 36.3 Å². The molecule has 94 valence electrons. The number of hydrogen-bond donors (Lipinski definition) is 1. The monoisotopic (exact) mass is 242 g/mol. The molecule has 1 aromatic rings. The van der Waals surface area contributed by atoms with Gasteiger partial charge in [-0.05, 0) is 24.0 Å². The van der Waals surface area contributed by atoms with Gasteiger partial charge in [-0.25, -0.2) is 0 Å². The summed E-state index contributed by atoms with van der Waals surface area (Å²) in [6.07, 6.45) is 8.17. The molecule has 0 unspecified atom stereocenters. The van der Waals surface area contributed by atoms with Crippen molar-refractivity contribution >= 4 is 0 Å². The summed E-state index contributed by atoms with van der Waals surface area (Å²) in [5.41, 5.74) is 3.09. The van der Waals surface area contributed by atoms with Crippen LogP contribution in [0, 0.1) is 12.3 Å². The van der Waals surface area contributed by atoms with Gasteiger partial charge in [0, 0.05) is 12.0 Å². The Balaban J connectivity index is 1.90. The number of terminal acetylenes is 1. The minimum Gasteiger partial charge on any atom is -0.392 e. The Kier molecular flexibility index (Phi) is 4.58. The standard InChI is InChI=1S/C16H18O2/c1-2-14-10-16(9-8-15(14)11-17)18-12-13-6-4-3-5-7-13/h1,3-7,16-17H,8-12H2/t16-/m0/s1. The van der Waals surface area contributed by atoms with Crippen LogP contribution in [-0.4, -0.2) is 17.8 Å². The molecule has 1 aliphatic carbocycles. The summed E-state index contributed by atoms with van der Waals surface area (Å²) in [6.45, 7) is 0.697. The summed E-state index contributed by atoms with van der Waals surface area (Å²) in [5, 5.41) is 9.19. The molecule has 0 bridgehead atoms. The molecular weight excluding hydrogens is 224 g/mol. The third-order valence-corrected chi connectivity index (χ3v) is 3.32. The molecule has 0 spiro atoms. The van der Waals surface area contributed by atoms with Gasteiger partial charge in [0.2, 0.25) is 0 Å². The van der Waals surface area contributed by atoms with Crippen LogP contribution in [-0.2, 0) is 11.3 Å². The molecule has 1 aromatic carbocycles. The SMILES string of the molecule is C#CC1=C(CO)CC[C@H](OCc2ccccc2)C1.